The van der Waals surface area contributed by atoms with Gasteiger partial charge in [-0.3, -0.25) is 28.8 Å². The average molecular weight is 1250 g/mol. The van der Waals surface area contributed by atoms with Crippen molar-refractivity contribution in [2.24, 2.45) is 28.6 Å². The second-order valence-corrected chi connectivity index (χ2v) is 26.4. The van der Waals surface area contributed by atoms with Crippen LogP contribution >= 0.6 is 0 Å². The number of allylic oxidation sites excluding steroid dienone is 4. The Bertz CT molecular complexity index is 3650. The molecular weight excluding hydrogens is 1170 g/mol. The molecule has 12 rings (SSSR count). The molecule has 2 saturated heterocycles. The number of nitrogens with zero attached hydrogens (tertiary/aromatic N) is 4. The molecule has 482 valence electrons. The van der Waals surface area contributed by atoms with Gasteiger partial charge in [0.1, 0.15) is 41.3 Å². The van der Waals surface area contributed by atoms with Gasteiger partial charge in [-0.2, -0.15) is 0 Å². The molecule has 5 saturated carbocycles. The van der Waals surface area contributed by atoms with E-state index in [1.165, 1.54) is 32.7 Å². The fraction of sp³-hybridized carbons (Fsp3) is 0.576. The van der Waals surface area contributed by atoms with Crippen LogP contribution in [0.1, 0.15) is 131 Å². The number of halogens is 2. The van der Waals surface area contributed by atoms with Gasteiger partial charge >= 0.3 is 23.9 Å². The molecule has 22 nitrogen and oxygen atoms in total. The Kier molecular flexibility index (Phi) is 16.9. The zero-order valence-corrected chi connectivity index (χ0v) is 51.5. The summed E-state index contributed by atoms with van der Waals surface area (Å²) >= 11 is 0. The number of Topliss-reactive ketones (excluding diaryl/α,β-unsaturated/α-hetero) is 1. The number of carbonyl (C=O) groups excluding carboxylic acids is 6. The predicted molar refractivity (Wildman–Crippen MR) is 324 cm³/mol. The van der Waals surface area contributed by atoms with Gasteiger partial charge in [0.05, 0.1) is 55.0 Å². The van der Waals surface area contributed by atoms with E-state index < -0.39 is 125 Å². The third-order valence-electron chi connectivity index (χ3n) is 20.6. The number of ketones is 2. The zero-order chi connectivity index (χ0) is 63.9. The second-order valence-electron chi connectivity index (χ2n) is 26.4. The number of esters is 4. The third kappa shape index (κ3) is 11.1. The van der Waals surface area contributed by atoms with Crippen molar-refractivity contribution < 1.29 is 76.2 Å². The summed E-state index contributed by atoms with van der Waals surface area (Å²) < 4.78 is 70.2. The van der Waals surface area contributed by atoms with Crippen molar-refractivity contribution in [3.05, 3.63) is 91.5 Å². The predicted octanol–water partition coefficient (Wildman–Crippen LogP) is 5.71. The van der Waals surface area contributed by atoms with Gasteiger partial charge in [0, 0.05) is 92.6 Å². The van der Waals surface area contributed by atoms with E-state index >= 15 is 8.78 Å². The van der Waals surface area contributed by atoms with Crippen molar-refractivity contribution in [3.8, 4) is 11.5 Å². The Morgan fingerprint density at radius 1 is 0.733 bits per heavy atom. The van der Waals surface area contributed by atoms with E-state index in [1.54, 1.807) is 22.1 Å². The summed E-state index contributed by atoms with van der Waals surface area (Å²) in [5.74, 6) is -7.03. The molecule has 4 aromatic rings. The van der Waals surface area contributed by atoms with Crippen LogP contribution in [0.2, 0.25) is 0 Å². The zero-order valence-electron chi connectivity index (χ0n) is 51.5. The van der Waals surface area contributed by atoms with Gasteiger partial charge in [0.25, 0.3) is 0 Å². The molecule has 90 heavy (non-hydrogen) atoms. The number of aliphatic hydroxyl groups excluding tert-OH is 1. The molecule has 0 amide bonds. The molecule has 0 spiro atoms. The third-order valence-corrected chi connectivity index (χ3v) is 20.6. The molecule has 8 aliphatic rings. The fourth-order valence-corrected chi connectivity index (χ4v) is 15.9. The lowest BCUT2D eigenvalue weighted by atomic mass is 9.46. The number of benzene rings is 2. The van der Waals surface area contributed by atoms with Crippen LogP contribution in [0.5, 0.6) is 11.5 Å². The summed E-state index contributed by atoms with van der Waals surface area (Å²) in [6.45, 7) is 8.22. The molecule has 2 aromatic heterocycles. The molecule has 24 heteroatoms. The highest BCUT2D eigenvalue weighted by molar-refractivity contribution is 6.02. The van der Waals surface area contributed by atoms with Gasteiger partial charge in [-0.1, -0.05) is 25.5 Å². The van der Waals surface area contributed by atoms with Crippen molar-refractivity contribution >= 4 is 68.6 Å². The molecule has 0 radical (unpaired) electrons. The standard InChI is InChI=1S/C66H78F2N6O16/c1-34-27-71(21-19-69-34)56-47(67)24-42-54(60(56)85-5)73(37-8-9-37)29-44(58(42)80)62(82)88-31-40(32-89-63(83)45-30-74(38-10-11-38)55-43(59(45)81)25-48(68)57(61(55)86-6)72-22-20-70-35(2)28-72)90-52(79)14-13-51(78)87-33-50(77)66(84)18-16-46-41-12-7-36-23-39(75)15-17-64(36,3)53(41)49(76)26-65(46,66)4/h15,17,23-25,29-30,34-35,37-38,40-41,46,49,53,69-70,76,84H,7-14,16,18-22,26-28,31-33H2,1-6H3/t34?,35?,40?,41?,46?,49?,53?,64-,65-,66-/m0/s1. The van der Waals surface area contributed by atoms with Gasteiger partial charge in [0.2, 0.25) is 16.6 Å². The van der Waals surface area contributed by atoms with E-state index in [0.29, 0.717) is 95.2 Å². The highest BCUT2D eigenvalue weighted by Crippen LogP contribution is 2.67. The van der Waals surface area contributed by atoms with E-state index in [1.807, 2.05) is 36.6 Å². The molecule has 4 heterocycles. The Balaban J connectivity index is 0.764. The lowest BCUT2D eigenvalue weighted by molar-refractivity contribution is -0.181. The number of hydrogen-bond donors (Lipinski definition) is 4. The van der Waals surface area contributed by atoms with Crippen LogP contribution < -0.4 is 40.8 Å². The minimum absolute atomic E-state index is 0.0294. The van der Waals surface area contributed by atoms with Crippen LogP contribution in [-0.4, -0.2) is 158 Å². The fourth-order valence-electron chi connectivity index (χ4n) is 15.9. The number of methoxy groups -OCH3 is 2. The molecule has 0 bridgehead atoms. The number of aliphatic hydroxyl groups is 2. The molecule has 7 fully saturated rings. The van der Waals surface area contributed by atoms with E-state index in [0.717, 1.165) is 17.7 Å². The minimum Gasteiger partial charge on any atom is -0.492 e. The number of piperazine rings is 2. The number of nitrogens with one attached hydrogen (secondary N) is 2. The Labute approximate surface area is 517 Å². The van der Waals surface area contributed by atoms with Crippen molar-refractivity contribution in [2.75, 3.05) is 83.1 Å². The number of hydrogen-bond acceptors (Lipinski definition) is 20. The maximum absolute atomic E-state index is 16.3. The summed E-state index contributed by atoms with van der Waals surface area (Å²) in [7, 11) is 2.77. The van der Waals surface area contributed by atoms with E-state index in [4.69, 9.17) is 28.4 Å². The van der Waals surface area contributed by atoms with E-state index in [2.05, 4.69) is 10.6 Å². The van der Waals surface area contributed by atoms with Crippen molar-refractivity contribution in [1.82, 2.24) is 19.8 Å². The monoisotopic (exact) mass is 1250 g/mol. The SMILES string of the molecule is COc1c(N2CCNC(C)C2)c(F)cc2c(=O)c(C(=O)OCC(COC(=O)c3cn(C4CC4)c4c(OC)c(N5CCNC(C)C5)c(F)cc4c3=O)OC(=O)CCC(=O)OCC(=O)[C@@]3(O)CCC4C5CCC6=CC(=O)C=C[C@]6(C)C5C(O)C[C@@]43C)cn(C3CC3)c12. The number of ether oxygens (including phenoxy) is 6. The second kappa shape index (κ2) is 24.3. The van der Waals surface area contributed by atoms with Crippen molar-refractivity contribution in [2.45, 2.75) is 140 Å². The number of fused-ring (bicyclic) bond motifs is 7. The molecular formula is C66H78F2N6O16. The molecule has 6 aliphatic carbocycles. The summed E-state index contributed by atoms with van der Waals surface area (Å²) in [5.41, 5.74) is -4.42. The van der Waals surface area contributed by atoms with Crippen LogP contribution in [0.3, 0.4) is 0 Å². The number of aromatic nitrogens is 2. The highest BCUT2D eigenvalue weighted by Gasteiger charge is 2.68. The minimum atomic E-state index is -1.96. The highest BCUT2D eigenvalue weighted by atomic mass is 19.1. The lowest BCUT2D eigenvalue weighted by Crippen LogP contribution is -2.61. The quantitative estimate of drug-likeness (QED) is 0.0647. The smallest absolute Gasteiger partial charge is 0.343 e. The Hall–Kier alpha value is -7.54. The molecule has 2 aliphatic heterocycles. The molecule has 6 unspecified atom stereocenters. The normalized spacial score (nSPS) is 28.3. The first-order valence-electron chi connectivity index (χ1n) is 31.4. The molecule has 2 aromatic carbocycles. The average Bonchev–Trinajstić information content (AvgIpc) is 1.17. The van der Waals surface area contributed by atoms with Crippen molar-refractivity contribution in [3.63, 3.8) is 0 Å². The molecule has 9 atom stereocenters. The number of carbonyl (C=O) groups is 6. The maximum Gasteiger partial charge on any atom is 0.343 e. The van der Waals surface area contributed by atoms with Crippen LogP contribution in [0.15, 0.2) is 57.9 Å². The largest absolute Gasteiger partial charge is 0.492 e. The van der Waals surface area contributed by atoms with Crippen LogP contribution in [-0.2, 0) is 38.1 Å². The molecule has 4 N–H and O–H groups in total. The first-order chi connectivity index (χ1) is 43.0. The summed E-state index contributed by atoms with van der Waals surface area (Å²) in [6, 6.07) is 1.86. The summed E-state index contributed by atoms with van der Waals surface area (Å²) in [4.78, 5) is 114. The first kappa shape index (κ1) is 62.6. The number of rotatable bonds is 19. The lowest BCUT2D eigenvalue weighted by Gasteiger charge is -2.59. The van der Waals surface area contributed by atoms with Gasteiger partial charge < -0.3 is 68.2 Å². The van der Waals surface area contributed by atoms with E-state index in [-0.39, 0.29) is 94.2 Å². The Morgan fingerprint density at radius 2 is 1.26 bits per heavy atom. The Morgan fingerprint density at radius 3 is 1.76 bits per heavy atom. The first-order valence-corrected chi connectivity index (χ1v) is 31.4. The maximum atomic E-state index is 16.3. The van der Waals surface area contributed by atoms with Gasteiger partial charge in [0.15, 0.2) is 41.6 Å². The number of pyridine rings is 2. The topological polar surface area (TPSA) is 273 Å². The van der Waals surface area contributed by atoms with Crippen LogP contribution in [0, 0.1) is 40.2 Å². The van der Waals surface area contributed by atoms with Gasteiger partial charge in [-0.05, 0) is 108 Å². The van der Waals surface area contributed by atoms with Crippen molar-refractivity contribution in [1.29, 1.82) is 0 Å². The van der Waals surface area contributed by atoms with Crippen LogP contribution in [0.4, 0.5) is 20.2 Å². The summed E-state index contributed by atoms with van der Waals surface area (Å²) in [6.07, 6.45) is 8.49. The van der Waals surface area contributed by atoms with E-state index in [9.17, 15) is 48.6 Å². The summed E-state index contributed by atoms with van der Waals surface area (Å²) in [5, 5.41) is 30.4. The van der Waals surface area contributed by atoms with Gasteiger partial charge in [-0.25, -0.2) is 18.4 Å². The van der Waals surface area contributed by atoms with Crippen LogP contribution in [0.25, 0.3) is 21.8 Å². The van der Waals surface area contributed by atoms with Gasteiger partial charge in [-0.15, -0.1) is 0 Å². The number of anilines is 2.